The molecule has 12 heteroatoms. The summed E-state index contributed by atoms with van der Waals surface area (Å²) in [5.41, 5.74) is 2.28. The molecular formula is C19H19N7O5. The van der Waals surface area contributed by atoms with Crippen LogP contribution in [-0.4, -0.2) is 81.9 Å². The first-order valence-electron chi connectivity index (χ1n) is 9.48. The molecule has 1 aliphatic rings. The number of aliphatic hydroxyl groups is 3. The molecule has 0 spiro atoms. The lowest BCUT2D eigenvalue weighted by molar-refractivity contribution is -0.0511. The van der Waals surface area contributed by atoms with Crippen molar-refractivity contribution in [3.63, 3.8) is 0 Å². The Morgan fingerprint density at radius 3 is 2.61 bits per heavy atom. The SMILES string of the molecule is COc1ccc(-c2cn(-c3ncnc4c3ncn4[C@@H]3O[C@H](CO)[C@@H](O)[C@H]3O)nn2)cc1. The van der Waals surface area contributed by atoms with Gasteiger partial charge in [-0.05, 0) is 24.3 Å². The van der Waals surface area contributed by atoms with Gasteiger partial charge in [-0.15, -0.1) is 5.10 Å². The van der Waals surface area contributed by atoms with Gasteiger partial charge in [0.05, 0.1) is 26.2 Å². The van der Waals surface area contributed by atoms with E-state index < -0.39 is 31.1 Å². The number of rotatable bonds is 5. The minimum atomic E-state index is -1.25. The van der Waals surface area contributed by atoms with Gasteiger partial charge in [-0.25, -0.2) is 15.0 Å². The Hall–Kier alpha value is -3.45. The van der Waals surface area contributed by atoms with Crippen LogP contribution in [0.4, 0.5) is 0 Å². The number of fused-ring (bicyclic) bond motifs is 1. The minimum absolute atomic E-state index is 0.376. The summed E-state index contributed by atoms with van der Waals surface area (Å²) >= 11 is 0. The first kappa shape index (κ1) is 19.5. The maximum Gasteiger partial charge on any atom is 0.186 e. The van der Waals surface area contributed by atoms with E-state index in [1.165, 1.54) is 21.9 Å². The monoisotopic (exact) mass is 425 g/mol. The van der Waals surface area contributed by atoms with Gasteiger partial charge in [0.2, 0.25) is 0 Å². The van der Waals surface area contributed by atoms with Crippen molar-refractivity contribution in [2.75, 3.05) is 13.7 Å². The average Bonchev–Trinajstić information content (AvgIpc) is 3.52. The summed E-state index contributed by atoms with van der Waals surface area (Å²) in [5, 5.41) is 38.1. The predicted molar refractivity (Wildman–Crippen MR) is 105 cm³/mol. The number of aliphatic hydroxyl groups excluding tert-OH is 3. The molecule has 3 N–H and O–H groups in total. The zero-order valence-corrected chi connectivity index (χ0v) is 16.3. The second-order valence-electron chi connectivity index (χ2n) is 7.03. The number of ether oxygens (including phenoxy) is 2. The quantitative estimate of drug-likeness (QED) is 0.388. The molecule has 1 aliphatic heterocycles. The molecule has 160 valence electrons. The van der Waals surface area contributed by atoms with Crippen LogP contribution in [0.5, 0.6) is 5.75 Å². The molecule has 31 heavy (non-hydrogen) atoms. The maximum absolute atomic E-state index is 10.3. The second kappa shape index (κ2) is 7.67. The van der Waals surface area contributed by atoms with E-state index in [0.29, 0.717) is 22.7 Å². The Kier molecular flexibility index (Phi) is 4.82. The zero-order chi connectivity index (χ0) is 21.5. The number of methoxy groups -OCH3 is 1. The first-order chi connectivity index (χ1) is 15.1. The van der Waals surface area contributed by atoms with Gasteiger partial charge >= 0.3 is 0 Å². The fourth-order valence-corrected chi connectivity index (χ4v) is 3.56. The van der Waals surface area contributed by atoms with E-state index in [4.69, 9.17) is 9.47 Å². The van der Waals surface area contributed by atoms with E-state index in [9.17, 15) is 15.3 Å². The Bertz CT molecular complexity index is 1210. The Morgan fingerprint density at radius 1 is 1.10 bits per heavy atom. The van der Waals surface area contributed by atoms with Crippen molar-refractivity contribution in [2.45, 2.75) is 24.5 Å². The van der Waals surface area contributed by atoms with Crippen LogP contribution < -0.4 is 4.74 Å². The molecule has 4 atom stereocenters. The highest BCUT2D eigenvalue weighted by molar-refractivity contribution is 5.78. The fourth-order valence-electron chi connectivity index (χ4n) is 3.56. The lowest BCUT2D eigenvalue weighted by Crippen LogP contribution is -2.33. The van der Waals surface area contributed by atoms with E-state index in [2.05, 4.69) is 25.3 Å². The molecule has 0 amide bonds. The van der Waals surface area contributed by atoms with Gasteiger partial charge in [0.25, 0.3) is 0 Å². The van der Waals surface area contributed by atoms with E-state index in [-0.39, 0.29) is 0 Å². The highest BCUT2D eigenvalue weighted by Gasteiger charge is 2.44. The minimum Gasteiger partial charge on any atom is -0.497 e. The fraction of sp³-hybridized carbons (Fsp3) is 0.316. The molecule has 0 aliphatic carbocycles. The highest BCUT2D eigenvalue weighted by Crippen LogP contribution is 2.32. The van der Waals surface area contributed by atoms with Gasteiger partial charge in [-0.2, -0.15) is 4.68 Å². The number of hydrogen-bond donors (Lipinski definition) is 3. The number of imidazole rings is 1. The van der Waals surface area contributed by atoms with E-state index in [0.717, 1.165) is 11.3 Å². The molecule has 5 rings (SSSR count). The molecule has 0 unspecified atom stereocenters. The predicted octanol–water partition coefficient (Wildman–Crippen LogP) is -0.306. The number of aromatic nitrogens is 7. The summed E-state index contributed by atoms with van der Waals surface area (Å²) in [7, 11) is 1.60. The van der Waals surface area contributed by atoms with Gasteiger partial charge in [0.1, 0.15) is 36.1 Å². The maximum atomic E-state index is 10.3. The van der Waals surface area contributed by atoms with Gasteiger partial charge in [0.15, 0.2) is 23.2 Å². The van der Waals surface area contributed by atoms with Gasteiger partial charge in [-0.1, -0.05) is 5.21 Å². The molecule has 0 bridgehead atoms. The van der Waals surface area contributed by atoms with Crippen LogP contribution in [-0.2, 0) is 4.74 Å². The third-order valence-electron chi connectivity index (χ3n) is 5.23. The molecule has 1 saturated heterocycles. The summed E-state index contributed by atoms with van der Waals surface area (Å²) in [6.07, 6.45) is 0.162. The summed E-state index contributed by atoms with van der Waals surface area (Å²) in [5.74, 6) is 1.13. The highest BCUT2D eigenvalue weighted by atomic mass is 16.6. The molecule has 4 aromatic rings. The molecule has 0 radical (unpaired) electrons. The van der Waals surface area contributed by atoms with Crippen molar-refractivity contribution in [3.05, 3.63) is 43.1 Å². The lowest BCUT2D eigenvalue weighted by Gasteiger charge is -2.16. The van der Waals surface area contributed by atoms with Crippen LogP contribution in [0.2, 0.25) is 0 Å². The van der Waals surface area contributed by atoms with Crippen LogP contribution in [0.15, 0.2) is 43.1 Å². The van der Waals surface area contributed by atoms with Crippen LogP contribution in [0.3, 0.4) is 0 Å². The van der Waals surface area contributed by atoms with Crippen molar-refractivity contribution in [1.29, 1.82) is 0 Å². The molecular weight excluding hydrogens is 406 g/mol. The molecule has 1 aromatic carbocycles. The number of nitrogens with zero attached hydrogens (tertiary/aromatic N) is 7. The summed E-state index contributed by atoms with van der Waals surface area (Å²) in [4.78, 5) is 12.9. The number of benzene rings is 1. The van der Waals surface area contributed by atoms with Crippen molar-refractivity contribution in [1.82, 2.24) is 34.5 Å². The van der Waals surface area contributed by atoms with Crippen LogP contribution >= 0.6 is 0 Å². The van der Waals surface area contributed by atoms with E-state index >= 15 is 0 Å². The number of hydrogen-bond acceptors (Lipinski definition) is 10. The van der Waals surface area contributed by atoms with E-state index in [1.807, 2.05) is 24.3 Å². The van der Waals surface area contributed by atoms with Crippen molar-refractivity contribution in [2.24, 2.45) is 0 Å². The van der Waals surface area contributed by atoms with Gasteiger partial charge in [-0.3, -0.25) is 4.57 Å². The molecule has 3 aromatic heterocycles. The summed E-state index contributed by atoms with van der Waals surface area (Å²) in [6, 6.07) is 7.41. The third-order valence-corrected chi connectivity index (χ3v) is 5.23. The standard InChI is InChI=1S/C19H19N7O5/c1-30-11-4-2-10(3-5-11)12-6-26(24-23-12)18-14-17(20-8-21-18)25(9-22-14)19-16(29)15(28)13(7-27)31-19/h2-6,8-9,13,15-16,19,27-29H,7H2,1H3/t13-,15-,16-,19-/m1/s1. The van der Waals surface area contributed by atoms with Crippen LogP contribution in [0.25, 0.3) is 28.2 Å². The van der Waals surface area contributed by atoms with Crippen molar-refractivity contribution in [3.8, 4) is 22.8 Å². The Morgan fingerprint density at radius 2 is 1.90 bits per heavy atom. The largest absolute Gasteiger partial charge is 0.497 e. The zero-order valence-electron chi connectivity index (χ0n) is 16.3. The molecule has 0 saturated carbocycles. The topological polar surface area (TPSA) is 153 Å². The molecule has 12 nitrogen and oxygen atoms in total. The lowest BCUT2D eigenvalue weighted by atomic mass is 10.1. The van der Waals surface area contributed by atoms with Crippen molar-refractivity contribution < 1.29 is 24.8 Å². The Labute approximate surface area is 175 Å². The molecule has 1 fully saturated rings. The third kappa shape index (κ3) is 3.21. The summed E-state index contributed by atoms with van der Waals surface area (Å²) in [6.45, 7) is -0.422. The van der Waals surface area contributed by atoms with E-state index in [1.54, 1.807) is 13.3 Å². The van der Waals surface area contributed by atoms with Crippen molar-refractivity contribution >= 4 is 11.2 Å². The van der Waals surface area contributed by atoms with Gasteiger partial charge < -0.3 is 24.8 Å². The van der Waals surface area contributed by atoms with Crippen LogP contribution in [0.1, 0.15) is 6.23 Å². The molecule has 4 heterocycles. The van der Waals surface area contributed by atoms with Crippen LogP contribution in [0, 0.1) is 0 Å². The first-order valence-corrected chi connectivity index (χ1v) is 9.48. The Balaban J connectivity index is 1.50. The average molecular weight is 425 g/mol. The summed E-state index contributed by atoms with van der Waals surface area (Å²) < 4.78 is 13.7. The smallest absolute Gasteiger partial charge is 0.186 e. The van der Waals surface area contributed by atoms with Gasteiger partial charge in [0, 0.05) is 5.56 Å². The normalized spacial score (nSPS) is 23.5. The second-order valence-corrected chi connectivity index (χ2v) is 7.03.